The lowest BCUT2D eigenvalue weighted by Crippen LogP contribution is -2.20. The molecule has 0 spiro atoms. The number of nitrogens with zero attached hydrogens (tertiary/aromatic N) is 2. The van der Waals surface area contributed by atoms with Crippen molar-refractivity contribution in [2.24, 2.45) is 0 Å². The van der Waals surface area contributed by atoms with Gasteiger partial charge in [0.2, 0.25) is 0 Å². The first-order chi connectivity index (χ1) is 9.15. The van der Waals surface area contributed by atoms with Crippen LogP contribution >= 0.6 is 0 Å². The zero-order chi connectivity index (χ0) is 13.8. The predicted molar refractivity (Wildman–Crippen MR) is 77.9 cm³/mol. The molecule has 1 unspecified atom stereocenters. The number of rotatable bonds is 7. The predicted octanol–water partition coefficient (Wildman–Crippen LogP) is 2.54. The highest BCUT2D eigenvalue weighted by molar-refractivity contribution is 5.57. The van der Waals surface area contributed by atoms with Gasteiger partial charge in [-0.05, 0) is 33.6 Å². The van der Waals surface area contributed by atoms with Gasteiger partial charge in [-0.1, -0.05) is 0 Å². The molecule has 1 aliphatic rings. The van der Waals surface area contributed by atoms with E-state index in [1.807, 2.05) is 6.92 Å². The lowest BCUT2D eigenvalue weighted by Gasteiger charge is -2.16. The van der Waals surface area contributed by atoms with Gasteiger partial charge in [0.25, 0.3) is 0 Å². The molecule has 0 amide bonds. The van der Waals surface area contributed by atoms with Crippen LogP contribution < -0.4 is 10.6 Å². The zero-order valence-electron chi connectivity index (χ0n) is 12.3. The van der Waals surface area contributed by atoms with Crippen LogP contribution in [0.25, 0.3) is 0 Å². The summed E-state index contributed by atoms with van der Waals surface area (Å²) in [6.07, 6.45) is 2.59. The number of hydrogen-bond donors (Lipinski definition) is 2. The Hall–Kier alpha value is -1.36. The van der Waals surface area contributed by atoms with Gasteiger partial charge in [0.1, 0.15) is 17.5 Å². The van der Waals surface area contributed by atoms with E-state index in [9.17, 15) is 0 Å². The van der Waals surface area contributed by atoms with Gasteiger partial charge in [0, 0.05) is 31.7 Å². The van der Waals surface area contributed by atoms with Crippen LogP contribution in [0.15, 0.2) is 0 Å². The van der Waals surface area contributed by atoms with Crippen molar-refractivity contribution in [3.05, 3.63) is 11.4 Å². The highest BCUT2D eigenvalue weighted by Crippen LogP contribution is 2.39. The van der Waals surface area contributed by atoms with E-state index < -0.39 is 0 Å². The summed E-state index contributed by atoms with van der Waals surface area (Å²) in [5, 5.41) is 6.69. The first-order valence-corrected chi connectivity index (χ1v) is 7.04. The van der Waals surface area contributed by atoms with Gasteiger partial charge in [0.15, 0.2) is 0 Å². The lowest BCUT2D eigenvalue weighted by molar-refractivity contribution is 0.128. The first kappa shape index (κ1) is 14.1. The number of ether oxygens (including phenoxy) is 1. The van der Waals surface area contributed by atoms with Crippen molar-refractivity contribution in [1.82, 2.24) is 9.97 Å². The molecular weight excluding hydrogens is 240 g/mol. The quantitative estimate of drug-likeness (QED) is 0.792. The van der Waals surface area contributed by atoms with Crippen molar-refractivity contribution in [3.8, 4) is 0 Å². The summed E-state index contributed by atoms with van der Waals surface area (Å²) in [5.41, 5.74) is 1.08. The summed E-state index contributed by atoms with van der Waals surface area (Å²) < 4.78 is 5.26. The molecule has 0 bridgehead atoms. The average molecular weight is 264 g/mol. The molecule has 19 heavy (non-hydrogen) atoms. The second-order valence-corrected chi connectivity index (χ2v) is 5.14. The lowest BCUT2D eigenvalue weighted by atomic mass is 10.2. The van der Waals surface area contributed by atoms with Crippen molar-refractivity contribution >= 4 is 11.6 Å². The highest BCUT2D eigenvalue weighted by atomic mass is 16.5. The van der Waals surface area contributed by atoms with Gasteiger partial charge in [-0.3, -0.25) is 0 Å². The number of anilines is 2. The Bertz CT molecular complexity index is 432. The molecule has 5 heteroatoms. The Morgan fingerprint density at radius 1 is 1.26 bits per heavy atom. The molecule has 2 N–H and O–H groups in total. The molecule has 2 rings (SSSR count). The largest absolute Gasteiger partial charge is 0.380 e. The minimum atomic E-state index is 0.168. The van der Waals surface area contributed by atoms with E-state index >= 15 is 0 Å². The number of hydrogen-bond acceptors (Lipinski definition) is 5. The fourth-order valence-electron chi connectivity index (χ4n) is 1.89. The van der Waals surface area contributed by atoms with Crippen molar-refractivity contribution in [3.63, 3.8) is 0 Å². The summed E-state index contributed by atoms with van der Waals surface area (Å²) in [6.45, 7) is 7.79. The van der Waals surface area contributed by atoms with Crippen molar-refractivity contribution in [1.29, 1.82) is 0 Å². The molecule has 0 radical (unpaired) electrons. The molecule has 1 aromatic heterocycles. The van der Waals surface area contributed by atoms with Gasteiger partial charge >= 0.3 is 0 Å². The third kappa shape index (κ3) is 3.56. The molecule has 0 aromatic carbocycles. The summed E-state index contributed by atoms with van der Waals surface area (Å²) in [4.78, 5) is 9.30. The number of methoxy groups -OCH3 is 1. The first-order valence-electron chi connectivity index (χ1n) is 7.04. The molecule has 5 nitrogen and oxygen atoms in total. The minimum absolute atomic E-state index is 0.168. The highest BCUT2D eigenvalue weighted by Gasteiger charge is 2.28. The van der Waals surface area contributed by atoms with E-state index in [0.29, 0.717) is 5.92 Å². The summed E-state index contributed by atoms with van der Waals surface area (Å²) in [7, 11) is 1.72. The van der Waals surface area contributed by atoms with Crippen LogP contribution in [0.4, 0.5) is 11.6 Å². The molecule has 1 atom stereocenters. The van der Waals surface area contributed by atoms with Crippen LogP contribution in [0.5, 0.6) is 0 Å². The molecule has 1 aliphatic carbocycles. The Morgan fingerprint density at radius 2 is 1.89 bits per heavy atom. The average Bonchev–Trinajstić information content (AvgIpc) is 3.23. The van der Waals surface area contributed by atoms with E-state index in [4.69, 9.17) is 4.74 Å². The molecule has 106 valence electrons. The van der Waals surface area contributed by atoms with Crippen molar-refractivity contribution in [2.75, 3.05) is 30.8 Å². The van der Waals surface area contributed by atoms with E-state index in [0.717, 1.165) is 36.1 Å². The molecule has 0 saturated heterocycles. The second kappa shape index (κ2) is 6.19. The minimum Gasteiger partial charge on any atom is -0.380 e. The smallest absolute Gasteiger partial charge is 0.136 e. The zero-order valence-corrected chi connectivity index (χ0v) is 12.3. The van der Waals surface area contributed by atoms with Crippen LogP contribution in [0.1, 0.15) is 44.0 Å². The van der Waals surface area contributed by atoms with Gasteiger partial charge in [0.05, 0.1) is 6.10 Å². The van der Waals surface area contributed by atoms with E-state index in [1.165, 1.54) is 12.8 Å². The van der Waals surface area contributed by atoms with Gasteiger partial charge < -0.3 is 15.4 Å². The van der Waals surface area contributed by atoms with Crippen molar-refractivity contribution in [2.45, 2.75) is 45.6 Å². The Kier molecular flexibility index (Phi) is 4.58. The maximum Gasteiger partial charge on any atom is 0.136 e. The molecule has 1 aromatic rings. The summed E-state index contributed by atoms with van der Waals surface area (Å²) >= 11 is 0. The fraction of sp³-hybridized carbons (Fsp3) is 0.714. The molecule has 1 fully saturated rings. The summed E-state index contributed by atoms with van der Waals surface area (Å²) in [5.74, 6) is 3.40. The van der Waals surface area contributed by atoms with E-state index in [1.54, 1.807) is 7.11 Å². The topological polar surface area (TPSA) is 59.1 Å². The van der Waals surface area contributed by atoms with E-state index in [-0.39, 0.29) is 6.10 Å². The summed E-state index contributed by atoms with van der Waals surface area (Å²) in [6, 6.07) is 0. The van der Waals surface area contributed by atoms with Gasteiger partial charge in [-0.2, -0.15) is 0 Å². The normalized spacial score (nSPS) is 16.2. The fourth-order valence-corrected chi connectivity index (χ4v) is 1.89. The van der Waals surface area contributed by atoms with Crippen LogP contribution in [0.3, 0.4) is 0 Å². The molecule has 0 aliphatic heterocycles. The SMILES string of the molecule is CCNc1nc(C2CC2)nc(NCC(C)OC)c1C. The van der Waals surface area contributed by atoms with Crippen molar-refractivity contribution < 1.29 is 4.74 Å². The van der Waals surface area contributed by atoms with Crippen LogP contribution in [0.2, 0.25) is 0 Å². The van der Waals surface area contributed by atoms with Crippen LogP contribution in [0, 0.1) is 6.92 Å². The van der Waals surface area contributed by atoms with Crippen LogP contribution in [-0.4, -0.2) is 36.3 Å². The van der Waals surface area contributed by atoms with Gasteiger partial charge in [-0.25, -0.2) is 9.97 Å². The standard InChI is InChI=1S/C14H24N4O/c1-5-15-12-10(3)13(16-8-9(2)19-4)18-14(17-12)11-6-7-11/h9,11H,5-8H2,1-4H3,(H2,15,16,17,18). The number of aromatic nitrogens is 2. The second-order valence-electron chi connectivity index (χ2n) is 5.14. The molecular formula is C14H24N4O. The van der Waals surface area contributed by atoms with E-state index in [2.05, 4.69) is 34.4 Å². The monoisotopic (exact) mass is 264 g/mol. The Morgan fingerprint density at radius 3 is 2.42 bits per heavy atom. The Balaban J connectivity index is 2.19. The van der Waals surface area contributed by atoms with Gasteiger partial charge in [-0.15, -0.1) is 0 Å². The third-order valence-electron chi connectivity index (χ3n) is 3.41. The maximum atomic E-state index is 5.26. The Labute approximate surface area is 115 Å². The maximum absolute atomic E-state index is 5.26. The number of nitrogens with one attached hydrogen (secondary N) is 2. The third-order valence-corrected chi connectivity index (χ3v) is 3.41. The molecule has 1 saturated carbocycles. The van der Waals surface area contributed by atoms with Crippen LogP contribution in [-0.2, 0) is 4.74 Å². The molecule has 1 heterocycles.